The molecule has 1 unspecified atom stereocenters. The number of ether oxygens (including phenoxy) is 1. The molecule has 2 heterocycles. The van der Waals surface area contributed by atoms with Gasteiger partial charge in [-0.3, -0.25) is 14.5 Å². The van der Waals surface area contributed by atoms with Crippen molar-refractivity contribution < 1.29 is 29.0 Å². The summed E-state index contributed by atoms with van der Waals surface area (Å²) in [5, 5.41) is 21.2. The number of furan rings is 1. The maximum absolute atomic E-state index is 12.9. The molecule has 0 saturated carbocycles. The van der Waals surface area contributed by atoms with Crippen LogP contribution in [0.25, 0.3) is 5.76 Å². The summed E-state index contributed by atoms with van der Waals surface area (Å²) in [5.41, 5.74) is 0.362. The number of anilines is 1. The highest BCUT2D eigenvalue weighted by Gasteiger charge is 2.48. The van der Waals surface area contributed by atoms with E-state index in [1.165, 1.54) is 25.5 Å². The van der Waals surface area contributed by atoms with Gasteiger partial charge in [-0.15, -0.1) is 0 Å². The highest BCUT2D eigenvalue weighted by Crippen LogP contribution is 2.44. The number of rotatable bonds is 4. The van der Waals surface area contributed by atoms with Crippen molar-refractivity contribution >= 4 is 23.1 Å². The van der Waals surface area contributed by atoms with E-state index in [-0.39, 0.29) is 28.5 Å². The van der Waals surface area contributed by atoms with Crippen LogP contribution in [0.1, 0.15) is 17.4 Å². The third kappa shape index (κ3) is 3.02. The van der Waals surface area contributed by atoms with Crippen molar-refractivity contribution in [1.29, 1.82) is 0 Å². The first kappa shape index (κ1) is 18.4. The van der Waals surface area contributed by atoms with Crippen LogP contribution in [-0.4, -0.2) is 29.0 Å². The van der Waals surface area contributed by atoms with Crippen LogP contribution < -0.4 is 9.64 Å². The second-order valence-corrected chi connectivity index (χ2v) is 6.40. The van der Waals surface area contributed by atoms with E-state index in [1.807, 2.05) is 0 Å². The van der Waals surface area contributed by atoms with Crippen molar-refractivity contribution in [2.75, 3.05) is 12.0 Å². The number of carbonyl (C=O) groups excluding carboxylic acids is 2. The molecule has 1 saturated heterocycles. The van der Waals surface area contributed by atoms with Gasteiger partial charge in [0.25, 0.3) is 11.7 Å². The molecule has 29 heavy (non-hydrogen) atoms. The monoisotopic (exact) mass is 391 g/mol. The van der Waals surface area contributed by atoms with Gasteiger partial charge in [0.2, 0.25) is 0 Å². The maximum Gasteiger partial charge on any atom is 0.300 e. The van der Waals surface area contributed by atoms with Crippen LogP contribution in [0.5, 0.6) is 11.5 Å². The third-order valence-corrected chi connectivity index (χ3v) is 4.76. The summed E-state index contributed by atoms with van der Waals surface area (Å²) in [7, 11) is 1.52. The third-order valence-electron chi connectivity index (χ3n) is 4.76. The number of hydrogen-bond donors (Lipinski definition) is 2. The number of methoxy groups -OCH3 is 1. The van der Waals surface area contributed by atoms with Crippen LogP contribution >= 0.6 is 0 Å². The zero-order chi connectivity index (χ0) is 20.5. The van der Waals surface area contributed by atoms with Gasteiger partial charge in [-0.1, -0.05) is 12.1 Å². The second-order valence-electron chi connectivity index (χ2n) is 6.40. The number of Topliss-reactive ketones (excluding diaryl/α,β-unsaturated/α-hetero) is 1. The zero-order valence-electron chi connectivity index (χ0n) is 15.4. The van der Waals surface area contributed by atoms with E-state index in [1.54, 1.807) is 48.5 Å². The lowest BCUT2D eigenvalue weighted by atomic mass is 9.99. The average Bonchev–Trinajstić information content (AvgIpc) is 3.35. The Labute approximate surface area is 166 Å². The van der Waals surface area contributed by atoms with E-state index in [0.29, 0.717) is 11.3 Å². The first-order valence-corrected chi connectivity index (χ1v) is 8.79. The molecule has 0 bridgehead atoms. The molecule has 1 atom stereocenters. The summed E-state index contributed by atoms with van der Waals surface area (Å²) in [6, 6.07) is 14.8. The van der Waals surface area contributed by atoms with Crippen molar-refractivity contribution in [1.82, 2.24) is 0 Å². The number of amides is 1. The van der Waals surface area contributed by atoms with Crippen molar-refractivity contribution in [3.8, 4) is 11.5 Å². The van der Waals surface area contributed by atoms with E-state index in [9.17, 15) is 19.8 Å². The largest absolute Gasteiger partial charge is 0.507 e. The van der Waals surface area contributed by atoms with Crippen LogP contribution in [-0.2, 0) is 9.59 Å². The SMILES string of the molecule is COc1ccc(/C(O)=C2/C(=O)C(=O)N(c3ccccc3O)C2c2ccco2)cc1. The molecule has 7 heteroatoms. The lowest BCUT2D eigenvalue weighted by Gasteiger charge is -2.24. The highest BCUT2D eigenvalue weighted by atomic mass is 16.5. The van der Waals surface area contributed by atoms with Gasteiger partial charge in [0, 0.05) is 5.56 Å². The number of ketones is 1. The first-order valence-electron chi connectivity index (χ1n) is 8.79. The predicted molar refractivity (Wildman–Crippen MR) is 105 cm³/mol. The molecule has 7 nitrogen and oxygen atoms in total. The van der Waals surface area contributed by atoms with E-state index < -0.39 is 17.7 Å². The van der Waals surface area contributed by atoms with Crippen LogP contribution in [0.2, 0.25) is 0 Å². The Morgan fingerprint density at radius 3 is 2.38 bits per heavy atom. The van der Waals surface area contributed by atoms with Crippen molar-refractivity contribution in [3.63, 3.8) is 0 Å². The number of phenols is 1. The van der Waals surface area contributed by atoms with Gasteiger partial charge in [-0.2, -0.15) is 0 Å². The Morgan fingerprint density at radius 2 is 1.76 bits per heavy atom. The first-order chi connectivity index (χ1) is 14.0. The fraction of sp³-hybridized carbons (Fsp3) is 0.0909. The molecular formula is C22H17NO6. The van der Waals surface area contributed by atoms with Gasteiger partial charge in [-0.05, 0) is 48.5 Å². The Kier molecular flexibility index (Phi) is 4.56. The summed E-state index contributed by atoms with van der Waals surface area (Å²) >= 11 is 0. The number of benzene rings is 2. The summed E-state index contributed by atoms with van der Waals surface area (Å²) in [6.07, 6.45) is 1.41. The maximum atomic E-state index is 12.9. The average molecular weight is 391 g/mol. The summed E-state index contributed by atoms with van der Waals surface area (Å²) < 4.78 is 10.6. The normalized spacial score (nSPS) is 18.2. The van der Waals surface area contributed by atoms with Crippen LogP contribution in [0, 0.1) is 0 Å². The molecule has 1 aliphatic heterocycles. The van der Waals surface area contributed by atoms with Gasteiger partial charge in [0.15, 0.2) is 0 Å². The molecule has 1 fully saturated rings. The van der Waals surface area contributed by atoms with Crippen LogP contribution in [0.3, 0.4) is 0 Å². The molecule has 3 aromatic rings. The zero-order valence-corrected chi connectivity index (χ0v) is 15.4. The minimum Gasteiger partial charge on any atom is -0.507 e. The number of aliphatic hydroxyl groups excluding tert-OH is 1. The molecule has 1 aliphatic rings. The minimum atomic E-state index is -1.03. The Morgan fingerprint density at radius 1 is 1.03 bits per heavy atom. The number of phenolic OH excluding ortho intramolecular Hbond substituents is 1. The molecule has 146 valence electrons. The predicted octanol–water partition coefficient (Wildman–Crippen LogP) is 3.62. The number of carbonyl (C=O) groups is 2. The highest BCUT2D eigenvalue weighted by molar-refractivity contribution is 6.51. The van der Waals surface area contributed by atoms with E-state index in [2.05, 4.69) is 0 Å². The fourth-order valence-corrected chi connectivity index (χ4v) is 3.37. The molecular weight excluding hydrogens is 374 g/mol. The number of nitrogens with zero attached hydrogens (tertiary/aromatic N) is 1. The van der Waals surface area contributed by atoms with Crippen LogP contribution in [0.4, 0.5) is 5.69 Å². The Balaban J connectivity index is 1.91. The molecule has 1 amide bonds. The lowest BCUT2D eigenvalue weighted by molar-refractivity contribution is -0.132. The van der Waals surface area contributed by atoms with Crippen molar-refractivity contribution in [3.05, 3.63) is 83.8 Å². The minimum absolute atomic E-state index is 0.127. The molecule has 0 radical (unpaired) electrons. The van der Waals surface area contributed by atoms with Crippen LogP contribution in [0.15, 0.2) is 76.9 Å². The number of hydrogen-bond acceptors (Lipinski definition) is 6. The molecule has 1 aromatic heterocycles. The topological polar surface area (TPSA) is 100 Å². The van der Waals surface area contributed by atoms with E-state index in [0.717, 1.165) is 4.90 Å². The number of aliphatic hydroxyl groups is 1. The molecule has 4 rings (SSSR count). The van der Waals surface area contributed by atoms with E-state index >= 15 is 0 Å². The molecule has 0 spiro atoms. The number of para-hydroxylation sites is 2. The van der Waals surface area contributed by atoms with Gasteiger partial charge in [0.1, 0.15) is 29.1 Å². The fourth-order valence-electron chi connectivity index (χ4n) is 3.37. The molecule has 2 N–H and O–H groups in total. The van der Waals surface area contributed by atoms with Crippen molar-refractivity contribution in [2.24, 2.45) is 0 Å². The summed E-state index contributed by atoms with van der Waals surface area (Å²) in [6.45, 7) is 0. The molecule has 0 aliphatic carbocycles. The Hall–Kier alpha value is -4.00. The van der Waals surface area contributed by atoms with E-state index in [4.69, 9.17) is 9.15 Å². The van der Waals surface area contributed by atoms with Gasteiger partial charge >= 0.3 is 0 Å². The van der Waals surface area contributed by atoms with Gasteiger partial charge in [0.05, 0.1) is 24.6 Å². The number of aromatic hydroxyl groups is 1. The molecule has 2 aromatic carbocycles. The van der Waals surface area contributed by atoms with Gasteiger partial charge < -0.3 is 19.4 Å². The summed E-state index contributed by atoms with van der Waals surface area (Å²) in [5.74, 6) is -1.40. The second kappa shape index (κ2) is 7.20. The smallest absolute Gasteiger partial charge is 0.300 e. The standard InChI is InChI=1S/C22H17NO6/c1-28-14-10-8-13(9-11-14)20(25)18-19(17-7-4-12-29-17)23(22(27)21(18)26)15-5-2-3-6-16(15)24/h2-12,19,24-25H,1H3/b20-18-. The van der Waals surface area contributed by atoms with Gasteiger partial charge in [-0.25, -0.2) is 0 Å². The van der Waals surface area contributed by atoms with Crippen molar-refractivity contribution in [2.45, 2.75) is 6.04 Å². The lowest BCUT2D eigenvalue weighted by Crippen LogP contribution is -2.29. The summed E-state index contributed by atoms with van der Waals surface area (Å²) in [4.78, 5) is 26.9. The Bertz CT molecular complexity index is 1100. The quantitative estimate of drug-likeness (QED) is 0.400.